The van der Waals surface area contributed by atoms with Crippen LogP contribution < -0.4 is 11.1 Å². The van der Waals surface area contributed by atoms with E-state index in [9.17, 15) is 0 Å². The summed E-state index contributed by atoms with van der Waals surface area (Å²) in [5, 5.41) is 3.44. The van der Waals surface area contributed by atoms with Crippen LogP contribution in [0.2, 0.25) is 0 Å². The van der Waals surface area contributed by atoms with Crippen LogP contribution in [0.4, 0.5) is 0 Å². The summed E-state index contributed by atoms with van der Waals surface area (Å²) in [6.45, 7) is 0. The maximum atomic E-state index is 6.19. The van der Waals surface area contributed by atoms with Gasteiger partial charge in [0.05, 0.1) is 7.11 Å². The van der Waals surface area contributed by atoms with Gasteiger partial charge in [0.1, 0.15) is 4.45 Å². The number of nitrogens with two attached hydrogens (primary N) is 1. The number of hydrogen-bond acceptors (Lipinski definition) is 3. The minimum atomic E-state index is -0.267. The monoisotopic (exact) mass is 284 g/mol. The van der Waals surface area contributed by atoms with E-state index in [4.69, 9.17) is 10.5 Å². The predicted molar refractivity (Wildman–Crippen MR) is 66.5 cm³/mol. The number of halogens is 1. The lowest BCUT2D eigenvalue weighted by molar-refractivity contribution is 0.235. The van der Waals surface area contributed by atoms with Gasteiger partial charge in [-0.3, -0.25) is 0 Å². The second kappa shape index (κ2) is 3.42. The first-order valence-corrected chi connectivity index (χ1v) is 6.67. The summed E-state index contributed by atoms with van der Waals surface area (Å²) in [6, 6.07) is 0. The Morgan fingerprint density at radius 3 is 2.62 bits per heavy atom. The summed E-state index contributed by atoms with van der Waals surface area (Å²) in [4.78, 5) is 0. The Bertz CT molecular complexity index is 382. The summed E-state index contributed by atoms with van der Waals surface area (Å²) in [5.74, 6) is 2.15. The van der Waals surface area contributed by atoms with Crippen molar-refractivity contribution in [2.75, 3.05) is 7.11 Å². The molecule has 0 aromatic rings. The molecule has 0 saturated heterocycles. The van der Waals surface area contributed by atoms with Gasteiger partial charge in [-0.05, 0) is 43.6 Å². The van der Waals surface area contributed by atoms with Crippen LogP contribution in [0, 0.1) is 11.8 Å². The number of nitrogens with one attached hydrogen (secondary N) is 1. The van der Waals surface area contributed by atoms with Crippen molar-refractivity contribution in [3.8, 4) is 0 Å². The smallest absolute Gasteiger partial charge is 0.191 e. The van der Waals surface area contributed by atoms with E-state index in [0.717, 1.165) is 11.6 Å². The van der Waals surface area contributed by atoms with Crippen molar-refractivity contribution < 1.29 is 4.74 Å². The average molecular weight is 285 g/mol. The zero-order valence-corrected chi connectivity index (χ0v) is 11.0. The SMILES string of the molecule is COC1=C(C2CC2)C=C(N)C(Br)(C2CC2)N1. The predicted octanol–water partition coefficient (Wildman–Crippen LogP) is 2.20. The van der Waals surface area contributed by atoms with Crippen molar-refractivity contribution in [3.05, 3.63) is 23.2 Å². The van der Waals surface area contributed by atoms with E-state index in [1.807, 2.05) is 0 Å². The van der Waals surface area contributed by atoms with E-state index in [2.05, 4.69) is 27.3 Å². The van der Waals surface area contributed by atoms with Crippen LogP contribution in [-0.4, -0.2) is 11.6 Å². The molecule has 3 aliphatic rings. The van der Waals surface area contributed by atoms with Crippen molar-refractivity contribution >= 4 is 15.9 Å². The maximum Gasteiger partial charge on any atom is 0.191 e. The number of dihydropyridines is 1. The minimum Gasteiger partial charge on any atom is -0.482 e. The number of ether oxygens (including phenoxy) is 1. The Morgan fingerprint density at radius 2 is 2.12 bits per heavy atom. The number of alkyl halides is 1. The second-order valence-corrected chi connectivity index (χ2v) is 6.22. The van der Waals surface area contributed by atoms with Crippen LogP contribution in [0.1, 0.15) is 25.7 Å². The molecule has 88 valence electrons. The molecular formula is C12H17BrN2O. The summed E-state index contributed by atoms with van der Waals surface area (Å²) < 4.78 is 5.20. The Kier molecular flexibility index (Phi) is 2.25. The highest BCUT2D eigenvalue weighted by Gasteiger charge is 2.49. The van der Waals surface area contributed by atoms with Crippen LogP contribution in [0.3, 0.4) is 0 Å². The fraction of sp³-hybridized carbons (Fsp3) is 0.667. The Morgan fingerprint density at radius 1 is 1.44 bits per heavy atom. The third kappa shape index (κ3) is 1.54. The largest absolute Gasteiger partial charge is 0.482 e. The van der Waals surface area contributed by atoms with Gasteiger partial charge in [-0.1, -0.05) is 15.9 Å². The van der Waals surface area contributed by atoms with Crippen molar-refractivity contribution in [1.82, 2.24) is 5.32 Å². The normalized spacial score (nSPS) is 34.5. The maximum absolute atomic E-state index is 6.19. The van der Waals surface area contributed by atoms with Crippen molar-refractivity contribution in [1.29, 1.82) is 0 Å². The minimum absolute atomic E-state index is 0.267. The van der Waals surface area contributed by atoms with Gasteiger partial charge in [0.25, 0.3) is 0 Å². The fourth-order valence-electron chi connectivity index (χ4n) is 2.33. The van der Waals surface area contributed by atoms with Gasteiger partial charge in [0, 0.05) is 11.3 Å². The fourth-order valence-corrected chi connectivity index (χ4v) is 3.09. The molecule has 16 heavy (non-hydrogen) atoms. The van der Waals surface area contributed by atoms with E-state index in [-0.39, 0.29) is 4.45 Å². The third-order valence-electron chi connectivity index (χ3n) is 3.65. The van der Waals surface area contributed by atoms with Crippen molar-refractivity contribution in [2.45, 2.75) is 30.1 Å². The van der Waals surface area contributed by atoms with Gasteiger partial charge in [0.2, 0.25) is 0 Å². The van der Waals surface area contributed by atoms with Crippen LogP contribution in [0.5, 0.6) is 0 Å². The van der Waals surface area contributed by atoms with Crippen molar-refractivity contribution in [2.24, 2.45) is 17.6 Å². The number of rotatable bonds is 3. The highest BCUT2D eigenvalue weighted by molar-refractivity contribution is 9.10. The average Bonchev–Trinajstić information content (AvgIpc) is 3.13. The first-order chi connectivity index (χ1) is 7.65. The van der Waals surface area contributed by atoms with Gasteiger partial charge in [-0.15, -0.1) is 0 Å². The molecule has 1 aliphatic heterocycles. The van der Waals surface area contributed by atoms with E-state index in [1.54, 1.807) is 7.11 Å². The van der Waals surface area contributed by atoms with E-state index in [1.165, 1.54) is 31.3 Å². The van der Waals surface area contributed by atoms with Crippen LogP contribution in [0.15, 0.2) is 23.2 Å². The van der Waals surface area contributed by atoms with E-state index in [0.29, 0.717) is 11.8 Å². The Hall–Kier alpha value is -0.640. The molecule has 0 amide bonds. The molecule has 2 aliphatic carbocycles. The standard InChI is InChI=1S/C12H17BrN2O/c1-16-11-9(7-2-3-7)6-10(14)12(13,15-11)8-4-5-8/h6-8,15H,2-5,14H2,1H3. The third-order valence-corrected chi connectivity index (χ3v) is 4.95. The molecule has 2 fully saturated rings. The van der Waals surface area contributed by atoms with E-state index < -0.39 is 0 Å². The molecule has 1 heterocycles. The molecule has 1 unspecified atom stereocenters. The lowest BCUT2D eigenvalue weighted by Gasteiger charge is -2.35. The molecule has 3 rings (SSSR count). The van der Waals surface area contributed by atoms with Gasteiger partial charge in [-0.25, -0.2) is 0 Å². The Labute approximate surface area is 104 Å². The molecule has 4 heteroatoms. The lowest BCUT2D eigenvalue weighted by atomic mass is 10.00. The number of allylic oxidation sites excluding steroid dienone is 2. The molecule has 0 bridgehead atoms. The molecule has 0 aromatic carbocycles. The molecule has 3 N–H and O–H groups in total. The van der Waals surface area contributed by atoms with Crippen LogP contribution in [0.25, 0.3) is 0 Å². The second-order valence-electron chi connectivity index (χ2n) is 4.97. The summed E-state index contributed by atoms with van der Waals surface area (Å²) in [5.41, 5.74) is 8.34. The van der Waals surface area contributed by atoms with E-state index >= 15 is 0 Å². The molecule has 0 radical (unpaired) electrons. The van der Waals surface area contributed by atoms with Gasteiger partial charge < -0.3 is 15.8 Å². The van der Waals surface area contributed by atoms with Crippen LogP contribution in [-0.2, 0) is 4.74 Å². The highest BCUT2D eigenvalue weighted by atomic mass is 79.9. The van der Waals surface area contributed by atoms with Crippen LogP contribution >= 0.6 is 15.9 Å². The zero-order chi connectivity index (χ0) is 11.3. The quantitative estimate of drug-likeness (QED) is 0.617. The molecule has 3 nitrogen and oxygen atoms in total. The summed E-state index contributed by atoms with van der Waals surface area (Å²) in [7, 11) is 1.72. The highest BCUT2D eigenvalue weighted by Crippen LogP contribution is 2.50. The Balaban J connectivity index is 1.93. The first kappa shape index (κ1) is 10.5. The topological polar surface area (TPSA) is 47.3 Å². The number of methoxy groups -OCH3 is 1. The first-order valence-electron chi connectivity index (χ1n) is 5.88. The van der Waals surface area contributed by atoms with Gasteiger partial charge in [-0.2, -0.15) is 0 Å². The molecule has 0 aromatic heterocycles. The molecular weight excluding hydrogens is 268 g/mol. The molecule has 1 atom stereocenters. The lowest BCUT2D eigenvalue weighted by Crippen LogP contribution is -2.48. The summed E-state index contributed by atoms with van der Waals surface area (Å²) >= 11 is 3.75. The van der Waals surface area contributed by atoms with Gasteiger partial charge in [0.15, 0.2) is 5.88 Å². The van der Waals surface area contributed by atoms with Crippen molar-refractivity contribution in [3.63, 3.8) is 0 Å². The molecule has 2 saturated carbocycles. The van der Waals surface area contributed by atoms with Gasteiger partial charge >= 0.3 is 0 Å². The zero-order valence-electron chi connectivity index (χ0n) is 9.42. The molecule has 0 spiro atoms. The number of hydrogen-bond donors (Lipinski definition) is 2. The summed E-state index contributed by atoms with van der Waals surface area (Å²) in [6.07, 6.45) is 7.07.